The monoisotopic (exact) mass is 422 g/mol. The molecule has 1 aromatic carbocycles. The summed E-state index contributed by atoms with van der Waals surface area (Å²) in [5, 5.41) is 6.22. The fourth-order valence-electron chi connectivity index (χ4n) is 5.19. The number of hydrogen-bond donors (Lipinski definition) is 1. The second-order valence-corrected chi connectivity index (χ2v) is 8.94. The van der Waals surface area contributed by atoms with Crippen LogP contribution in [0.5, 0.6) is 0 Å². The molecule has 2 saturated carbocycles. The number of rotatable bonds is 5. The molecule has 2 aliphatic rings. The first kappa shape index (κ1) is 19.2. The summed E-state index contributed by atoms with van der Waals surface area (Å²) in [7, 11) is 0. The highest BCUT2D eigenvalue weighted by molar-refractivity contribution is 6.29. The van der Waals surface area contributed by atoms with Crippen molar-refractivity contribution in [1.82, 2.24) is 14.9 Å². The number of carbonyl (C=O) groups excluding carboxylic acids is 1. The van der Waals surface area contributed by atoms with Crippen molar-refractivity contribution in [2.45, 2.75) is 38.5 Å². The van der Waals surface area contributed by atoms with Crippen LogP contribution in [0.1, 0.15) is 43.4 Å². The molecule has 2 aliphatic carbocycles. The van der Waals surface area contributed by atoms with Crippen LogP contribution >= 0.6 is 11.6 Å². The van der Waals surface area contributed by atoms with Gasteiger partial charge < -0.3 is 0 Å². The van der Waals surface area contributed by atoms with Crippen molar-refractivity contribution < 1.29 is 4.79 Å². The van der Waals surface area contributed by atoms with Crippen LogP contribution < -0.4 is 11.0 Å². The van der Waals surface area contributed by atoms with E-state index in [1.165, 1.54) is 19.3 Å². The van der Waals surface area contributed by atoms with Crippen LogP contribution in [0.2, 0.25) is 5.15 Å². The standard InChI is InChI=1S/C23H23ClN4O2/c24-21-8-6-15(13-25-21)11-20-18-3-1-2-4-19(18)23(30)28(26-20)27-22(29)12-17-10-14-5-7-16(17)9-14/h1-4,6,8,13-14,16-17H,5,7,9-12H2,(H,27,29)/t14-,16+,17-/m1/s1. The van der Waals surface area contributed by atoms with Crippen LogP contribution in [0.25, 0.3) is 10.8 Å². The third-order valence-corrected chi connectivity index (χ3v) is 6.83. The summed E-state index contributed by atoms with van der Waals surface area (Å²) in [6.45, 7) is 0. The first-order valence-electron chi connectivity index (χ1n) is 10.5. The van der Waals surface area contributed by atoms with E-state index in [0.717, 1.165) is 28.1 Å². The summed E-state index contributed by atoms with van der Waals surface area (Å²) in [5.41, 5.74) is 4.06. The minimum absolute atomic E-state index is 0.142. The smallest absolute Gasteiger partial charge is 0.273 e. The summed E-state index contributed by atoms with van der Waals surface area (Å²) in [5.74, 6) is 1.74. The summed E-state index contributed by atoms with van der Waals surface area (Å²) < 4.78 is 0. The molecule has 5 rings (SSSR count). The maximum absolute atomic E-state index is 12.9. The Balaban J connectivity index is 1.42. The molecular weight excluding hydrogens is 400 g/mol. The van der Waals surface area contributed by atoms with Gasteiger partial charge in [0.1, 0.15) is 5.15 Å². The van der Waals surface area contributed by atoms with E-state index in [-0.39, 0.29) is 11.5 Å². The molecule has 0 spiro atoms. The molecule has 0 aliphatic heterocycles. The van der Waals surface area contributed by atoms with Crippen LogP contribution in [-0.4, -0.2) is 20.8 Å². The number of nitrogens with zero attached hydrogens (tertiary/aromatic N) is 3. The van der Waals surface area contributed by atoms with Crippen LogP contribution in [0.15, 0.2) is 47.4 Å². The molecule has 154 valence electrons. The Morgan fingerprint density at radius 3 is 2.67 bits per heavy atom. The topological polar surface area (TPSA) is 76.9 Å². The molecule has 2 heterocycles. The van der Waals surface area contributed by atoms with Crippen molar-refractivity contribution in [3.63, 3.8) is 0 Å². The van der Waals surface area contributed by atoms with Crippen LogP contribution in [0.3, 0.4) is 0 Å². The van der Waals surface area contributed by atoms with E-state index in [0.29, 0.717) is 40.9 Å². The van der Waals surface area contributed by atoms with Gasteiger partial charge in [-0.2, -0.15) is 5.10 Å². The van der Waals surface area contributed by atoms with Gasteiger partial charge >= 0.3 is 0 Å². The van der Waals surface area contributed by atoms with E-state index in [2.05, 4.69) is 15.5 Å². The number of benzene rings is 1. The minimum atomic E-state index is -0.315. The lowest BCUT2D eigenvalue weighted by Gasteiger charge is -2.21. The Morgan fingerprint density at radius 2 is 1.97 bits per heavy atom. The van der Waals surface area contributed by atoms with Crippen molar-refractivity contribution in [2.24, 2.45) is 17.8 Å². The fourth-order valence-corrected chi connectivity index (χ4v) is 5.31. The maximum atomic E-state index is 12.9. The molecule has 2 bridgehead atoms. The molecule has 1 amide bonds. The molecule has 30 heavy (non-hydrogen) atoms. The van der Waals surface area contributed by atoms with Crippen molar-refractivity contribution >= 4 is 28.3 Å². The average molecular weight is 423 g/mol. The summed E-state index contributed by atoms with van der Waals surface area (Å²) in [4.78, 5) is 30.9. The number of pyridine rings is 1. The number of aromatic nitrogens is 3. The van der Waals surface area contributed by atoms with Crippen molar-refractivity contribution in [3.05, 3.63) is 69.4 Å². The normalized spacial score (nSPS) is 22.5. The predicted molar refractivity (Wildman–Crippen MR) is 116 cm³/mol. The second-order valence-electron chi connectivity index (χ2n) is 8.55. The zero-order valence-electron chi connectivity index (χ0n) is 16.6. The highest BCUT2D eigenvalue weighted by Crippen LogP contribution is 2.49. The van der Waals surface area contributed by atoms with Gasteiger partial charge in [-0.3, -0.25) is 9.59 Å². The quantitative estimate of drug-likeness (QED) is 0.632. The Hall–Kier alpha value is -2.73. The number of carbonyl (C=O) groups is 1. The molecule has 3 atom stereocenters. The first-order valence-corrected chi connectivity index (χ1v) is 10.9. The second kappa shape index (κ2) is 7.84. The molecule has 2 aromatic heterocycles. The van der Waals surface area contributed by atoms with Crippen molar-refractivity contribution in [1.29, 1.82) is 0 Å². The van der Waals surface area contributed by atoms with Gasteiger partial charge in [-0.05, 0) is 54.7 Å². The molecular formula is C23H23ClN4O2. The fraction of sp³-hybridized carbons (Fsp3) is 0.391. The lowest BCUT2D eigenvalue weighted by Crippen LogP contribution is -2.37. The van der Waals surface area contributed by atoms with Crippen LogP contribution in [0, 0.1) is 17.8 Å². The van der Waals surface area contributed by atoms with E-state index < -0.39 is 0 Å². The van der Waals surface area contributed by atoms with E-state index in [4.69, 9.17) is 11.6 Å². The molecule has 3 aromatic rings. The first-order chi connectivity index (χ1) is 14.6. The van der Waals surface area contributed by atoms with E-state index in [1.807, 2.05) is 24.3 Å². The zero-order chi connectivity index (χ0) is 20.7. The largest absolute Gasteiger partial charge is 0.294 e. The Bertz CT molecular complexity index is 1160. The van der Waals surface area contributed by atoms with Gasteiger partial charge in [0.2, 0.25) is 5.91 Å². The minimum Gasteiger partial charge on any atom is -0.273 e. The predicted octanol–water partition coefficient (Wildman–Crippen LogP) is 3.93. The Labute approximate surface area is 179 Å². The van der Waals surface area contributed by atoms with E-state index in [1.54, 1.807) is 18.3 Å². The lowest BCUT2D eigenvalue weighted by atomic mass is 9.86. The Morgan fingerprint density at radius 1 is 1.13 bits per heavy atom. The molecule has 0 radical (unpaired) electrons. The van der Waals surface area contributed by atoms with E-state index >= 15 is 0 Å². The van der Waals surface area contributed by atoms with Gasteiger partial charge in [0, 0.05) is 24.4 Å². The summed E-state index contributed by atoms with van der Waals surface area (Å²) in [6.07, 6.45) is 7.56. The van der Waals surface area contributed by atoms with Gasteiger partial charge in [-0.25, -0.2) is 10.4 Å². The number of halogens is 1. The average Bonchev–Trinajstić information content (AvgIpc) is 3.36. The maximum Gasteiger partial charge on any atom is 0.294 e. The third kappa shape index (κ3) is 3.72. The SMILES string of the molecule is O=C(C[C@H]1C[C@@H]2CC[C@H]1C2)Nn1nc(Cc2ccc(Cl)nc2)c2ccccc2c1=O. The van der Waals surface area contributed by atoms with E-state index in [9.17, 15) is 9.59 Å². The number of fused-ring (bicyclic) bond motifs is 3. The molecule has 7 heteroatoms. The molecule has 2 fully saturated rings. The summed E-state index contributed by atoms with van der Waals surface area (Å²) >= 11 is 5.89. The van der Waals surface area contributed by atoms with Gasteiger partial charge in [-0.1, -0.05) is 42.3 Å². The lowest BCUT2D eigenvalue weighted by molar-refractivity contribution is -0.118. The highest BCUT2D eigenvalue weighted by atomic mass is 35.5. The molecule has 0 unspecified atom stereocenters. The zero-order valence-corrected chi connectivity index (χ0v) is 17.3. The van der Waals surface area contributed by atoms with Crippen LogP contribution in [-0.2, 0) is 11.2 Å². The van der Waals surface area contributed by atoms with Gasteiger partial charge in [0.15, 0.2) is 0 Å². The van der Waals surface area contributed by atoms with Crippen LogP contribution in [0.4, 0.5) is 0 Å². The summed E-state index contributed by atoms with van der Waals surface area (Å²) in [6, 6.07) is 11.0. The number of nitrogens with one attached hydrogen (secondary N) is 1. The molecule has 1 N–H and O–H groups in total. The van der Waals surface area contributed by atoms with Gasteiger partial charge in [0.05, 0.1) is 11.1 Å². The number of hydrogen-bond acceptors (Lipinski definition) is 4. The van der Waals surface area contributed by atoms with Gasteiger partial charge in [-0.15, -0.1) is 4.79 Å². The van der Waals surface area contributed by atoms with Gasteiger partial charge in [0.25, 0.3) is 5.56 Å². The van der Waals surface area contributed by atoms with Crippen molar-refractivity contribution in [3.8, 4) is 0 Å². The van der Waals surface area contributed by atoms with Crippen molar-refractivity contribution in [2.75, 3.05) is 5.43 Å². The highest BCUT2D eigenvalue weighted by Gasteiger charge is 2.40. The number of amides is 1. The Kier molecular flexibility index (Phi) is 5.03. The molecule has 0 saturated heterocycles. The molecule has 6 nitrogen and oxygen atoms in total. The third-order valence-electron chi connectivity index (χ3n) is 6.60.